The monoisotopic (exact) mass is 457 g/mol. The van der Waals surface area contributed by atoms with Gasteiger partial charge in [0.05, 0.1) is 28.9 Å². The smallest absolute Gasteiger partial charge is 0.319 e. The van der Waals surface area contributed by atoms with Gasteiger partial charge in [-0.2, -0.15) is 5.26 Å². The number of aromatic nitrogens is 2. The second-order valence-electron chi connectivity index (χ2n) is 7.36. The van der Waals surface area contributed by atoms with Gasteiger partial charge in [-0.3, -0.25) is 0 Å². The van der Waals surface area contributed by atoms with Gasteiger partial charge in [-0.05, 0) is 31.2 Å². The van der Waals surface area contributed by atoms with Gasteiger partial charge in [0.25, 0.3) is 0 Å². The lowest BCUT2D eigenvalue weighted by Gasteiger charge is -2.28. The highest BCUT2D eigenvalue weighted by Gasteiger charge is 2.31. The van der Waals surface area contributed by atoms with Crippen LogP contribution in [0.4, 0.5) is 4.79 Å². The third-order valence-electron chi connectivity index (χ3n) is 5.33. The highest BCUT2D eigenvalue weighted by Crippen LogP contribution is 2.40. The van der Waals surface area contributed by atoms with E-state index in [2.05, 4.69) is 21.7 Å². The topological polar surface area (TPSA) is 90.7 Å². The number of para-hydroxylation sites is 1. The van der Waals surface area contributed by atoms with Gasteiger partial charge in [0.1, 0.15) is 10.2 Å². The number of hydrogen-bond acceptors (Lipinski definition) is 5. The lowest BCUT2D eigenvalue weighted by atomic mass is 9.96. The zero-order valence-corrected chi connectivity index (χ0v) is 18.5. The number of carbonyl (C=O) groups excluding carboxylic acids is 1. The van der Waals surface area contributed by atoms with E-state index >= 15 is 0 Å². The largest absolute Gasteiger partial charge is 0.327 e. The molecule has 2 aromatic heterocycles. The molecular formula is C24H16ClN5OS. The van der Waals surface area contributed by atoms with Crippen LogP contribution in [-0.2, 0) is 0 Å². The molecule has 0 saturated carbocycles. The van der Waals surface area contributed by atoms with Gasteiger partial charge in [0, 0.05) is 33.2 Å². The average molecular weight is 458 g/mol. The first kappa shape index (κ1) is 20.2. The third-order valence-corrected chi connectivity index (χ3v) is 6.51. The fourth-order valence-corrected chi connectivity index (χ4v) is 4.98. The summed E-state index contributed by atoms with van der Waals surface area (Å²) < 4.78 is 0. The molecule has 0 fully saturated rings. The minimum Gasteiger partial charge on any atom is -0.327 e. The van der Waals surface area contributed by atoms with E-state index < -0.39 is 6.04 Å². The number of pyridine rings is 1. The molecule has 8 heteroatoms. The fraction of sp³-hybridized carbons (Fsp3) is 0.0833. The van der Waals surface area contributed by atoms with Crippen LogP contribution in [-0.4, -0.2) is 16.0 Å². The number of carbonyl (C=O) groups is 1. The molecule has 0 radical (unpaired) electrons. The molecule has 5 rings (SSSR count). The van der Waals surface area contributed by atoms with Crippen LogP contribution >= 0.6 is 22.9 Å². The van der Waals surface area contributed by atoms with Crippen LogP contribution in [0.2, 0.25) is 5.15 Å². The lowest BCUT2D eigenvalue weighted by Crippen LogP contribution is -2.43. The summed E-state index contributed by atoms with van der Waals surface area (Å²) >= 11 is 8.05. The number of nitrogens with zero attached hydrogens (tertiary/aromatic N) is 3. The zero-order valence-electron chi connectivity index (χ0n) is 16.9. The minimum absolute atomic E-state index is 0.302. The second kappa shape index (κ2) is 8.08. The SMILES string of the molecule is CC1=C(c2nc(-c3ccc(C#N)cc3)cs2)C(c2cc3ccccc3nc2Cl)NC(=O)N1. The summed E-state index contributed by atoms with van der Waals surface area (Å²) in [6, 6.07) is 18.3. The molecule has 1 aliphatic heterocycles. The van der Waals surface area contributed by atoms with Gasteiger partial charge < -0.3 is 10.6 Å². The van der Waals surface area contributed by atoms with E-state index in [9.17, 15) is 4.79 Å². The summed E-state index contributed by atoms with van der Waals surface area (Å²) in [5.41, 5.74) is 5.37. The molecule has 32 heavy (non-hydrogen) atoms. The first-order valence-electron chi connectivity index (χ1n) is 9.83. The van der Waals surface area contributed by atoms with E-state index in [1.54, 1.807) is 12.1 Å². The number of rotatable bonds is 3. The van der Waals surface area contributed by atoms with Gasteiger partial charge >= 0.3 is 6.03 Å². The van der Waals surface area contributed by atoms with Crippen LogP contribution in [0.1, 0.15) is 29.1 Å². The Bertz CT molecular complexity index is 1440. The fourth-order valence-electron chi connectivity index (χ4n) is 3.77. The maximum Gasteiger partial charge on any atom is 0.319 e. The van der Waals surface area contributed by atoms with Crippen molar-refractivity contribution in [3.8, 4) is 17.3 Å². The summed E-state index contributed by atoms with van der Waals surface area (Å²) in [5, 5.41) is 18.9. The number of urea groups is 1. The first-order chi connectivity index (χ1) is 15.5. The first-order valence-corrected chi connectivity index (χ1v) is 11.1. The van der Waals surface area contributed by atoms with Crippen molar-refractivity contribution in [3.05, 3.63) is 87.0 Å². The summed E-state index contributed by atoms with van der Waals surface area (Å²) in [4.78, 5) is 21.7. The molecule has 0 bridgehead atoms. The van der Waals surface area contributed by atoms with E-state index in [1.807, 2.05) is 54.8 Å². The van der Waals surface area contributed by atoms with Crippen molar-refractivity contribution in [2.45, 2.75) is 13.0 Å². The summed E-state index contributed by atoms with van der Waals surface area (Å²) in [6.07, 6.45) is 0. The zero-order chi connectivity index (χ0) is 22.2. The number of fused-ring (bicyclic) bond motifs is 1. The number of allylic oxidation sites excluding steroid dienone is 1. The molecule has 2 amide bonds. The van der Waals surface area contributed by atoms with Gasteiger partial charge in [-0.1, -0.05) is 41.9 Å². The minimum atomic E-state index is -0.492. The number of amides is 2. The van der Waals surface area contributed by atoms with Crippen molar-refractivity contribution in [2.75, 3.05) is 0 Å². The Morgan fingerprint density at radius 1 is 1.12 bits per heavy atom. The lowest BCUT2D eigenvalue weighted by molar-refractivity contribution is 0.240. The van der Waals surface area contributed by atoms with E-state index in [-0.39, 0.29) is 6.03 Å². The van der Waals surface area contributed by atoms with Gasteiger partial charge in [0.15, 0.2) is 0 Å². The standard InChI is InChI=1S/C24H16ClN5OS/c1-13-20(23-29-19(12-32-23)15-8-6-14(11-26)7-9-15)21(30-24(31)27-13)17-10-16-4-2-3-5-18(16)28-22(17)25/h2-10,12,21H,1H3,(H2,27,30,31). The molecule has 0 aliphatic carbocycles. The summed E-state index contributed by atoms with van der Waals surface area (Å²) in [6.45, 7) is 1.85. The normalized spacial score (nSPS) is 15.9. The molecule has 2 N–H and O–H groups in total. The van der Waals surface area contributed by atoms with Crippen molar-refractivity contribution in [2.24, 2.45) is 0 Å². The molecule has 1 unspecified atom stereocenters. The van der Waals surface area contributed by atoms with Crippen molar-refractivity contribution in [1.29, 1.82) is 5.26 Å². The third kappa shape index (κ3) is 3.60. The van der Waals surface area contributed by atoms with E-state index in [1.165, 1.54) is 11.3 Å². The number of hydrogen-bond donors (Lipinski definition) is 2. The van der Waals surface area contributed by atoms with Gasteiger partial charge in [-0.25, -0.2) is 14.8 Å². The van der Waals surface area contributed by atoms with E-state index in [0.29, 0.717) is 22.0 Å². The Morgan fingerprint density at radius 3 is 2.69 bits per heavy atom. The van der Waals surface area contributed by atoms with Crippen molar-refractivity contribution in [1.82, 2.24) is 20.6 Å². The Hall–Kier alpha value is -3.73. The Kier molecular flexibility index (Phi) is 5.10. The Balaban J connectivity index is 1.60. The van der Waals surface area contributed by atoms with Crippen molar-refractivity contribution in [3.63, 3.8) is 0 Å². The molecule has 3 heterocycles. The molecule has 1 atom stereocenters. The predicted molar refractivity (Wildman–Crippen MR) is 126 cm³/mol. The van der Waals surface area contributed by atoms with Crippen LogP contribution in [0.15, 0.2) is 65.7 Å². The Morgan fingerprint density at radius 2 is 1.91 bits per heavy atom. The number of nitriles is 1. The average Bonchev–Trinajstić information content (AvgIpc) is 3.28. The molecule has 4 aromatic rings. The summed E-state index contributed by atoms with van der Waals surface area (Å²) in [5.74, 6) is 0. The number of benzene rings is 2. The summed E-state index contributed by atoms with van der Waals surface area (Å²) in [7, 11) is 0. The molecule has 0 saturated heterocycles. The molecular weight excluding hydrogens is 442 g/mol. The molecule has 2 aromatic carbocycles. The van der Waals surface area contributed by atoms with Crippen LogP contribution in [0.3, 0.4) is 0 Å². The molecule has 156 valence electrons. The van der Waals surface area contributed by atoms with Crippen molar-refractivity contribution >= 4 is 45.4 Å². The maximum atomic E-state index is 12.3. The Labute approximate surface area is 193 Å². The van der Waals surface area contributed by atoms with Gasteiger partial charge in [-0.15, -0.1) is 11.3 Å². The quantitative estimate of drug-likeness (QED) is 0.388. The predicted octanol–water partition coefficient (Wildman–Crippen LogP) is 5.67. The van der Waals surface area contributed by atoms with Crippen LogP contribution < -0.4 is 10.6 Å². The van der Waals surface area contributed by atoms with E-state index in [4.69, 9.17) is 21.8 Å². The van der Waals surface area contributed by atoms with Crippen LogP contribution in [0.5, 0.6) is 0 Å². The van der Waals surface area contributed by atoms with Crippen LogP contribution in [0.25, 0.3) is 27.7 Å². The molecule has 0 spiro atoms. The van der Waals surface area contributed by atoms with E-state index in [0.717, 1.165) is 32.7 Å². The highest BCUT2D eigenvalue weighted by molar-refractivity contribution is 7.11. The highest BCUT2D eigenvalue weighted by atomic mass is 35.5. The maximum absolute atomic E-state index is 12.3. The number of nitrogens with one attached hydrogen (secondary N) is 2. The van der Waals surface area contributed by atoms with Gasteiger partial charge in [0.2, 0.25) is 0 Å². The molecule has 6 nitrogen and oxygen atoms in total. The number of thiazole rings is 1. The number of halogens is 1. The van der Waals surface area contributed by atoms with Crippen molar-refractivity contribution < 1.29 is 4.79 Å². The van der Waals surface area contributed by atoms with Crippen LogP contribution in [0, 0.1) is 11.3 Å². The molecule has 1 aliphatic rings. The second-order valence-corrected chi connectivity index (χ2v) is 8.57.